The van der Waals surface area contributed by atoms with Crippen LogP contribution in [0.25, 0.3) is 0 Å². The normalized spacial score (nSPS) is 18.2. The van der Waals surface area contributed by atoms with Gasteiger partial charge in [0.25, 0.3) is 5.78 Å². The first-order valence-corrected chi connectivity index (χ1v) is 10.0. The van der Waals surface area contributed by atoms with E-state index >= 15 is 0 Å². The molecule has 0 radical (unpaired) electrons. The predicted molar refractivity (Wildman–Crippen MR) is 109 cm³/mol. The second-order valence-corrected chi connectivity index (χ2v) is 8.15. The highest BCUT2D eigenvalue weighted by Gasteiger charge is 2.38. The fraction of sp³-hybridized carbons (Fsp3) is 0.300. The zero-order chi connectivity index (χ0) is 19.0. The summed E-state index contributed by atoms with van der Waals surface area (Å²) in [7, 11) is 0. The molecule has 0 N–H and O–H groups in total. The molecule has 0 atom stereocenters. The Labute approximate surface area is 171 Å². The molecule has 1 saturated heterocycles. The molecule has 5 nitrogen and oxygen atoms in total. The van der Waals surface area contributed by atoms with E-state index in [4.69, 9.17) is 11.6 Å². The second-order valence-electron chi connectivity index (χ2n) is 6.86. The van der Waals surface area contributed by atoms with Crippen LogP contribution in [0.5, 0.6) is 0 Å². The summed E-state index contributed by atoms with van der Waals surface area (Å²) in [6.07, 6.45) is 0. The molecule has 0 spiro atoms. The fourth-order valence-electron chi connectivity index (χ4n) is 3.58. The topological polar surface area (TPSA) is 43.9 Å². The number of amides is 1. The van der Waals surface area contributed by atoms with Crippen molar-refractivity contribution < 1.29 is 9.59 Å². The van der Waals surface area contributed by atoms with Gasteiger partial charge in [0.1, 0.15) is 0 Å². The van der Waals surface area contributed by atoms with E-state index in [0.717, 1.165) is 37.7 Å². The van der Waals surface area contributed by atoms with Gasteiger partial charge in [0.15, 0.2) is 0 Å². The van der Waals surface area contributed by atoms with Gasteiger partial charge in [-0.25, -0.2) is 0 Å². The molecule has 0 unspecified atom stereocenters. The van der Waals surface area contributed by atoms with Gasteiger partial charge in [-0.1, -0.05) is 29.8 Å². The Kier molecular flexibility index (Phi) is 5.32. The Bertz CT molecular complexity index is 879. The SMILES string of the molecule is O=C1C(=O)N(CN2CCN(Cc3ccc(Cl)cc3)CC2)c2cccc(Br)c21. The Morgan fingerprint density at radius 1 is 0.926 bits per heavy atom. The van der Waals surface area contributed by atoms with E-state index in [0.29, 0.717) is 22.4 Å². The fourth-order valence-corrected chi connectivity index (χ4v) is 4.24. The van der Waals surface area contributed by atoms with Crippen LogP contribution in [0.4, 0.5) is 5.69 Å². The molecular formula is C20H19BrClN3O2. The van der Waals surface area contributed by atoms with Crippen molar-refractivity contribution in [3.63, 3.8) is 0 Å². The zero-order valence-corrected chi connectivity index (χ0v) is 17.0. The van der Waals surface area contributed by atoms with Crippen LogP contribution in [0.15, 0.2) is 46.9 Å². The molecule has 140 valence electrons. The highest BCUT2D eigenvalue weighted by molar-refractivity contribution is 9.10. The van der Waals surface area contributed by atoms with Crippen molar-refractivity contribution in [1.82, 2.24) is 9.80 Å². The summed E-state index contributed by atoms with van der Waals surface area (Å²) in [6.45, 7) is 4.89. The Hall–Kier alpha value is -1.73. The molecule has 2 aromatic carbocycles. The lowest BCUT2D eigenvalue weighted by molar-refractivity contribution is -0.114. The van der Waals surface area contributed by atoms with E-state index in [1.807, 2.05) is 24.3 Å². The van der Waals surface area contributed by atoms with Gasteiger partial charge in [0.2, 0.25) is 0 Å². The summed E-state index contributed by atoms with van der Waals surface area (Å²) in [5.74, 6) is -0.876. The van der Waals surface area contributed by atoms with Crippen molar-refractivity contribution in [2.75, 3.05) is 37.7 Å². The minimum atomic E-state index is -0.444. The number of nitrogens with zero attached hydrogens (tertiary/aromatic N) is 3. The van der Waals surface area contributed by atoms with E-state index in [-0.39, 0.29) is 0 Å². The summed E-state index contributed by atoms with van der Waals surface area (Å²) in [6, 6.07) is 13.4. The Morgan fingerprint density at radius 3 is 2.30 bits per heavy atom. The first-order chi connectivity index (χ1) is 13.0. The van der Waals surface area contributed by atoms with Crippen LogP contribution >= 0.6 is 27.5 Å². The average Bonchev–Trinajstić information content (AvgIpc) is 2.91. The molecule has 0 aliphatic carbocycles. The van der Waals surface area contributed by atoms with Crippen molar-refractivity contribution in [2.24, 2.45) is 0 Å². The molecule has 2 aromatic rings. The lowest BCUT2D eigenvalue weighted by atomic mass is 10.1. The van der Waals surface area contributed by atoms with Gasteiger partial charge in [-0.15, -0.1) is 0 Å². The summed E-state index contributed by atoms with van der Waals surface area (Å²) in [4.78, 5) is 30.9. The minimum Gasteiger partial charge on any atom is -0.297 e. The summed E-state index contributed by atoms with van der Waals surface area (Å²) in [5, 5.41) is 0.750. The smallest absolute Gasteiger partial charge is 0.297 e. The van der Waals surface area contributed by atoms with Crippen LogP contribution in [0.1, 0.15) is 15.9 Å². The second kappa shape index (κ2) is 7.72. The molecule has 0 bridgehead atoms. The van der Waals surface area contributed by atoms with Crippen LogP contribution in [0.3, 0.4) is 0 Å². The van der Waals surface area contributed by atoms with Crippen LogP contribution in [0, 0.1) is 0 Å². The number of piperazine rings is 1. The van der Waals surface area contributed by atoms with Crippen molar-refractivity contribution in [3.05, 3.63) is 63.1 Å². The van der Waals surface area contributed by atoms with Gasteiger partial charge in [-0.3, -0.25) is 24.3 Å². The number of benzene rings is 2. The highest BCUT2D eigenvalue weighted by atomic mass is 79.9. The van der Waals surface area contributed by atoms with Gasteiger partial charge in [-0.2, -0.15) is 0 Å². The number of anilines is 1. The van der Waals surface area contributed by atoms with Crippen LogP contribution < -0.4 is 4.90 Å². The maximum Gasteiger partial charge on any atom is 0.300 e. The Morgan fingerprint density at radius 2 is 1.59 bits per heavy atom. The standard InChI is InChI=1S/C20H19BrClN3O2/c21-16-2-1-3-17-18(16)19(26)20(27)25(17)13-24-10-8-23(9-11-24)12-14-4-6-15(22)7-5-14/h1-7H,8-13H2. The lowest BCUT2D eigenvalue weighted by Gasteiger charge is -2.36. The van der Waals surface area contributed by atoms with Crippen LogP contribution in [-0.4, -0.2) is 54.3 Å². The average molecular weight is 449 g/mol. The molecule has 4 rings (SSSR count). The number of hydrogen-bond acceptors (Lipinski definition) is 4. The van der Waals surface area contributed by atoms with Gasteiger partial charge >= 0.3 is 5.91 Å². The molecule has 0 saturated carbocycles. The molecule has 2 heterocycles. The monoisotopic (exact) mass is 447 g/mol. The summed E-state index contributed by atoms with van der Waals surface area (Å²) in [5.41, 5.74) is 2.42. The van der Waals surface area contributed by atoms with Gasteiger partial charge < -0.3 is 0 Å². The van der Waals surface area contributed by atoms with Gasteiger partial charge in [0, 0.05) is 42.2 Å². The molecule has 27 heavy (non-hydrogen) atoms. The Balaban J connectivity index is 1.37. The van der Waals surface area contributed by atoms with Crippen LogP contribution in [-0.2, 0) is 11.3 Å². The number of carbonyl (C=O) groups is 2. The van der Waals surface area contributed by atoms with Crippen molar-refractivity contribution in [3.8, 4) is 0 Å². The number of ketones is 1. The highest BCUT2D eigenvalue weighted by Crippen LogP contribution is 2.34. The quantitative estimate of drug-likeness (QED) is 0.673. The van der Waals surface area contributed by atoms with Gasteiger partial charge in [-0.05, 0) is 45.8 Å². The van der Waals surface area contributed by atoms with Crippen molar-refractivity contribution in [1.29, 1.82) is 0 Å². The maximum absolute atomic E-state index is 12.4. The first-order valence-electron chi connectivity index (χ1n) is 8.87. The number of halogens is 2. The number of rotatable bonds is 4. The number of fused-ring (bicyclic) bond motifs is 1. The lowest BCUT2D eigenvalue weighted by Crippen LogP contribution is -2.50. The van der Waals surface area contributed by atoms with E-state index in [9.17, 15) is 9.59 Å². The maximum atomic E-state index is 12.4. The third kappa shape index (κ3) is 3.80. The molecule has 1 fully saturated rings. The summed E-state index contributed by atoms with van der Waals surface area (Å²) < 4.78 is 0.675. The molecule has 0 aromatic heterocycles. The van der Waals surface area contributed by atoms with Crippen molar-refractivity contribution >= 4 is 44.9 Å². The molecular weight excluding hydrogens is 430 g/mol. The number of hydrogen-bond donors (Lipinski definition) is 0. The minimum absolute atomic E-state index is 0.432. The number of carbonyl (C=O) groups excluding carboxylic acids is 2. The predicted octanol–water partition coefficient (Wildman–Crippen LogP) is 3.41. The summed E-state index contributed by atoms with van der Waals surface area (Å²) >= 11 is 9.33. The molecule has 7 heteroatoms. The molecule has 1 amide bonds. The molecule has 2 aliphatic heterocycles. The van der Waals surface area contributed by atoms with Crippen molar-refractivity contribution in [2.45, 2.75) is 6.54 Å². The zero-order valence-electron chi connectivity index (χ0n) is 14.7. The third-order valence-corrected chi connectivity index (χ3v) is 5.99. The third-order valence-electron chi connectivity index (χ3n) is 5.07. The largest absolute Gasteiger partial charge is 0.300 e. The van der Waals surface area contributed by atoms with E-state index in [1.54, 1.807) is 11.0 Å². The van der Waals surface area contributed by atoms with Crippen LogP contribution in [0.2, 0.25) is 5.02 Å². The van der Waals surface area contributed by atoms with E-state index in [2.05, 4.69) is 37.9 Å². The van der Waals surface area contributed by atoms with Gasteiger partial charge in [0.05, 0.1) is 17.9 Å². The molecule has 2 aliphatic rings. The van der Waals surface area contributed by atoms with E-state index in [1.165, 1.54) is 5.56 Å². The number of Topliss-reactive ketones (excluding diaryl/α,β-unsaturated/α-hetero) is 1. The van der Waals surface area contributed by atoms with E-state index < -0.39 is 11.7 Å². The first kappa shape index (κ1) is 18.6.